The van der Waals surface area contributed by atoms with Gasteiger partial charge < -0.3 is 9.80 Å². The van der Waals surface area contributed by atoms with Gasteiger partial charge in [0.1, 0.15) is 0 Å². The van der Waals surface area contributed by atoms with Crippen molar-refractivity contribution < 1.29 is 26.4 Å². The Morgan fingerprint density at radius 2 is 1.53 bits per heavy atom. The molecule has 0 unspecified atom stereocenters. The van der Waals surface area contributed by atoms with Gasteiger partial charge in [-0.15, -0.1) is 0 Å². The third-order valence-corrected chi connectivity index (χ3v) is 8.37. The average Bonchev–Trinajstić information content (AvgIpc) is 2.84. The molecule has 1 amide bonds. The first-order valence-corrected chi connectivity index (χ1v) is 13.0. The van der Waals surface area contributed by atoms with Crippen LogP contribution in [0.15, 0.2) is 54.6 Å². The summed E-state index contributed by atoms with van der Waals surface area (Å²) in [4.78, 5) is 16.6. The molecule has 10 heteroatoms. The zero-order chi connectivity index (χ0) is 24.3. The molecule has 2 saturated heterocycles. The van der Waals surface area contributed by atoms with Gasteiger partial charge in [0.2, 0.25) is 15.9 Å². The first-order chi connectivity index (χ1) is 16.1. The van der Waals surface area contributed by atoms with Gasteiger partial charge in [0.25, 0.3) is 0 Å². The van der Waals surface area contributed by atoms with Crippen LogP contribution in [0, 0.1) is 5.92 Å². The number of benzene rings is 2. The second-order valence-electron chi connectivity index (χ2n) is 8.78. The number of halogens is 3. The van der Waals surface area contributed by atoms with Crippen molar-refractivity contribution in [2.75, 3.05) is 44.2 Å². The topological polar surface area (TPSA) is 60.9 Å². The summed E-state index contributed by atoms with van der Waals surface area (Å²) in [7, 11) is -3.44. The first-order valence-electron chi connectivity index (χ1n) is 11.4. The fourth-order valence-electron chi connectivity index (χ4n) is 4.58. The monoisotopic (exact) mass is 495 g/mol. The van der Waals surface area contributed by atoms with Gasteiger partial charge in [-0.2, -0.15) is 13.2 Å². The number of anilines is 1. The largest absolute Gasteiger partial charge is 0.416 e. The van der Waals surface area contributed by atoms with Gasteiger partial charge in [0.15, 0.2) is 0 Å². The Labute approximate surface area is 198 Å². The molecule has 2 aliphatic rings. The number of hydrogen-bond acceptors (Lipinski definition) is 4. The lowest BCUT2D eigenvalue weighted by molar-refractivity contribution is -0.137. The number of piperazine rings is 1. The molecule has 6 nitrogen and oxygen atoms in total. The molecule has 2 heterocycles. The molecule has 0 bridgehead atoms. The number of hydrogen-bond donors (Lipinski definition) is 0. The molecule has 2 aliphatic heterocycles. The summed E-state index contributed by atoms with van der Waals surface area (Å²) < 4.78 is 66.0. The Hall–Kier alpha value is -2.59. The van der Waals surface area contributed by atoms with Crippen LogP contribution in [0.5, 0.6) is 0 Å². The van der Waals surface area contributed by atoms with Crippen molar-refractivity contribution in [3.63, 3.8) is 0 Å². The van der Waals surface area contributed by atoms with Crippen LogP contribution in [0.2, 0.25) is 0 Å². The van der Waals surface area contributed by atoms with E-state index in [9.17, 15) is 26.4 Å². The van der Waals surface area contributed by atoms with Crippen molar-refractivity contribution in [2.45, 2.75) is 24.8 Å². The van der Waals surface area contributed by atoms with E-state index in [1.54, 1.807) is 23.1 Å². The molecule has 0 aromatic heterocycles. The number of nitrogens with zero attached hydrogens (tertiary/aromatic N) is 3. The maximum Gasteiger partial charge on any atom is 0.416 e. The predicted octanol–water partition coefficient (Wildman–Crippen LogP) is 3.60. The Morgan fingerprint density at radius 1 is 0.882 bits per heavy atom. The van der Waals surface area contributed by atoms with E-state index < -0.39 is 21.8 Å². The van der Waals surface area contributed by atoms with Gasteiger partial charge in [-0.25, -0.2) is 12.7 Å². The zero-order valence-corrected chi connectivity index (χ0v) is 19.6. The summed E-state index contributed by atoms with van der Waals surface area (Å²) in [6, 6.07) is 14.3. The lowest BCUT2D eigenvalue weighted by Gasteiger charge is -2.39. The highest BCUT2D eigenvalue weighted by molar-refractivity contribution is 7.88. The molecule has 4 rings (SSSR count). The minimum absolute atomic E-state index is 0.00352. The lowest BCUT2D eigenvalue weighted by atomic mass is 9.96. The van der Waals surface area contributed by atoms with Crippen molar-refractivity contribution in [1.29, 1.82) is 0 Å². The van der Waals surface area contributed by atoms with Crippen LogP contribution < -0.4 is 4.90 Å². The highest BCUT2D eigenvalue weighted by Crippen LogP contribution is 2.32. The molecule has 0 saturated carbocycles. The van der Waals surface area contributed by atoms with E-state index in [1.165, 1.54) is 10.4 Å². The minimum atomic E-state index is -4.39. The number of piperidine rings is 1. The van der Waals surface area contributed by atoms with Gasteiger partial charge in [-0.3, -0.25) is 4.79 Å². The second kappa shape index (κ2) is 9.95. The van der Waals surface area contributed by atoms with Crippen LogP contribution >= 0.6 is 0 Å². The number of amides is 1. The van der Waals surface area contributed by atoms with Crippen molar-refractivity contribution in [3.05, 3.63) is 65.7 Å². The van der Waals surface area contributed by atoms with Gasteiger partial charge in [0.05, 0.1) is 11.3 Å². The number of carbonyl (C=O) groups excluding carboxylic acids is 1. The summed E-state index contributed by atoms with van der Waals surface area (Å²) in [5, 5.41) is 0. The van der Waals surface area contributed by atoms with Crippen molar-refractivity contribution in [3.8, 4) is 0 Å². The number of sulfonamides is 1. The quantitative estimate of drug-likeness (QED) is 0.636. The van der Waals surface area contributed by atoms with E-state index in [0.29, 0.717) is 57.8 Å². The summed E-state index contributed by atoms with van der Waals surface area (Å²) in [6.07, 6.45) is -3.45. The van der Waals surface area contributed by atoms with Crippen molar-refractivity contribution in [2.24, 2.45) is 5.92 Å². The first kappa shape index (κ1) is 24.5. The SMILES string of the molecule is O=C(C1CCN(S(=O)(=O)Cc2ccccc2)CC1)N1CCN(c2cccc(C(F)(F)F)c2)CC1. The summed E-state index contributed by atoms with van der Waals surface area (Å²) in [5.74, 6) is -0.281. The smallest absolute Gasteiger partial charge is 0.368 e. The van der Waals surface area contributed by atoms with Crippen LogP contribution in [-0.4, -0.2) is 62.8 Å². The number of rotatable bonds is 5. The predicted molar refractivity (Wildman–Crippen MR) is 124 cm³/mol. The number of carbonyl (C=O) groups is 1. The summed E-state index contributed by atoms with van der Waals surface area (Å²) >= 11 is 0. The van der Waals surface area contributed by atoms with Gasteiger partial charge in [-0.1, -0.05) is 36.4 Å². The van der Waals surface area contributed by atoms with E-state index in [4.69, 9.17) is 0 Å². The molecular weight excluding hydrogens is 467 g/mol. The van der Waals surface area contributed by atoms with E-state index in [2.05, 4.69) is 0 Å². The van der Waals surface area contributed by atoms with Crippen LogP contribution in [0.25, 0.3) is 0 Å². The molecule has 2 aromatic carbocycles. The van der Waals surface area contributed by atoms with Crippen LogP contribution in [0.3, 0.4) is 0 Å². The van der Waals surface area contributed by atoms with E-state index >= 15 is 0 Å². The van der Waals surface area contributed by atoms with Crippen molar-refractivity contribution >= 4 is 21.6 Å². The Balaban J connectivity index is 1.28. The molecule has 0 radical (unpaired) electrons. The summed E-state index contributed by atoms with van der Waals surface area (Å²) in [6.45, 7) is 2.41. The van der Waals surface area contributed by atoms with E-state index in [1.807, 2.05) is 23.1 Å². The zero-order valence-electron chi connectivity index (χ0n) is 18.7. The average molecular weight is 496 g/mol. The molecule has 34 heavy (non-hydrogen) atoms. The maximum atomic E-state index is 13.0. The van der Waals surface area contributed by atoms with Crippen molar-refractivity contribution in [1.82, 2.24) is 9.21 Å². The molecule has 0 spiro atoms. The van der Waals surface area contributed by atoms with Gasteiger partial charge in [0, 0.05) is 50.9 Å². The van der Waals surface area contributed by atoms with E-state index in [0.717, 1.165) is 17.7 Å². The standard InChI is InChI=1S/C24H28F3N3O3S/c25-24(26,27)21-7-4-8-22(17-21)28-13-15-29(16-14-28)23(31)20-9-11-30(12-10-20)34(32,33)18-19-5-2-1-3-6-19/h1-8,17,20H,9-16,18H2. The third-order valence-electron chi connectivity index (χ3n) is 6.52. The molecule has 0 atom stereocenters. The Kier molecular flexibility index (Phi) is 7.18. The molecule has 0 N–H and O–H groups in total. The molecule has 2 fully saturated rings. The highest BCUT2D eigenvalue weighted by atomic mass is 32.2. The lowest BCUT2D eigenvalue weighted by Crippen LogP contribution is -2.52. The second-order valence-corrected chi connectivity index (χ2v) is 10.7. The van der Waals surface area contributed by atoms with Crippen LogP contribution in [-0.2, 0) is 26.7 Å². The minimum Gasteiger partial charge on any atom is -0.368 e. The van der Waals surface area contributed by atoms with Crippen LogP contribution in [0.1, 0.15) is 24.0 Å². The highest BCUT2D eigenvalue weighted by Gasteiger charge is 2.35. The van der Waals surface area contributed by atoms with E-state index in [-0.39, 0.29) is 17.6 Å². The molecule has 0 aliphatic carbocycles. The fourth-order valence-corrected chi connectivity index (χ4v) is 6.14. The van der Waals surface area contributed by atoms with Crippen LogP contribution in [0.4, 0.5) is 18.9 Å². The summed E-state index contributed by atoms with van der Waals surface area (Å²) in [5.41, 5.74) is 0.552. The fraction of sp³-hybridized carbons (Fsp3) is 0.458. The maximum absolute atomic E-state index is 13.0. The molecular formula is C24H28F3N3O3S. The Morgan fingerprint density at radius 3 is 2.15 bits per heavy atom. The number of alkyl halides is 3. The molecule has 184 valence electrons. The third kappa shape index (κ3) is 5.72. The van der Waals surface area contributed by atoms with Gasteiger partial charge >= 0.3 is 6.18 Å². The molecule has 2 aromatic rings. The van der Waals surface area contributed by atoms with Gasteiger partial charge in [-0.05, 0) is 36.6 Å². The normalized spacial score (nSPS) is 18.8. The Bertz CT molecular complexity index is 1090.